The van der Waals surface area contributed by atoms with Gasteiger partial charge in [-0.05, 0) is 6.07 Å². The number of hydrogen-bond acceptors (Lipinski definition) is 4. The lowest BCUT2D eigenvalue weighted by atomic mass is 10.2. The molecule has 0 saturated carbocycles. The van der Waals surface area contributed by atoms with Crippen molar-refractivity contribution in [2.75, 3.05) is 13.2 Å². The Morgan fingerprint density at radius 1 is 1.27 bits per heavy atom. The van der Waals surface area contributed by atoms with E-state index in [0.29, 0.717) is 10.9 Å². The van der Waals surface area contributed by atoms with E-state index in [1.165, 1.54) is 12.3 Å². The first kappa shape index (κ1) is 15.3. The van der Waals surface area contributed by atoms with Crippen molar-refractivity contribution < 1.29 is 19.1 Å². The van der Waals surface area contributed by atoms with Crippen LogP contribution in [0, 0.1) is 0 Å². The number of H-pyrrole nitrogens is 1. The number of ether oxygens (including phenoxy) is 1. The minimum atomic E-state index is -0.713. The fraction of sp³-hybridized carbons (Fsp3) is 0.133. The first-order valence-corrected chi connectivity index (χ1v) is 6.53. The van der Waals surface area contributed by atoms with Gasteiger partial charge >= 0.3 is 12.0 Å². The number of nitrogens with one attached hydrogen (secondary N) is 3. The second-order valence-corrected chi connectivity index (χ2v) is 4.37. The molecule has 0 saturated heterocycles. The van der Waals surface area contributed by atoms with Gasteiger partial charge in [0.1, 0.15) is 0 Å². The molecular formula is C15H15N3O4. The molecule has 7 heteroatoms. The second kappa shape index (κ2) is 7.07. The van der Waals surface area contributed by atoms with Gasteiger partial charge in [0.2, 0.25) is 0 Å². The summed E-state index contributed by atoms with van der Waals surface area (Å²) in [6.07, 6.45) is 2.99. The van der Waals surface area contributed by atoms with Crippen molar-refractivity contribution in [1.29, 1.82) is 0 Å². The number of carbonyl (C=O) groups is 3. The summed E-state index contributed by atoms with van der Waals surface area (Å²) in [4.78, 5) is 37.6. The molecule has 1 heterocycles. The topological polar surface area (TPSA) is 100 Å². The maximum absolute atomic E-state index is 11.9. The van der Waals surface area contributed by atoms with E-state index in [1.807, 2.05) is 17.4 Å². The van der Waals surface area contributed by atoms with Crippen LogP contribution in [0.2, 0.25) is 0 Å². The molecular weight excluding hydrogens is 286 g/mol. The van der Waals surface area contributed by atoms with E-state index in [4.69, 9.17) is 4.74 Å². The summed E-state index contributed by atoms with van der Waals surface area (Å²) < 4.78 is 4.89. The predicted molar refractivity (Wildman–Crippen MR) is 80.3 cm³/mol. The van der Waals surface area contributed by atoms with Gasteiger partial charge in [0.15, 0.2) is 6.61 Å². The lowest BCUT2D eigenvalue weighted by Gasteiger charge is -2.05. The van der Waals surface area contributed by atoms with Crippen LogP contribution in [0.15, 0.2) is 43.1 Å². The number of amides is 3. The van der Waals surface area contributed by atoms with Crippen LogP contribution in [-0.2, 0) is 9.53 Å². The van der Waals surface area contributed by atoms with Crippen LogP contribution in [0.5, 0.6) is 0 Å². The van der Waals surface area contributed by atoms with E-state index in [0.717, 1.165) is 5.52 Å². The van der Waals surface area contributed by atoms with Gasteiger partial charge in [-0.1, -0.05) is 24.3 Å². The number of para-hydroxylation sites is 1. The Balaban J connectivity index is 1.89. The fourth-order valence-corrected chi connectivity index (χ4v) is 1.82. The third-order valence-electron chi connectivity index (χ3n) is 2.80. The zero-order chi connectivity index (χ0) is 15.9. The van der Waals surface area contributed by atoms with Crippen molar-refractivity contribution in [2.24, 2.45) is 0 Å². The number of urea groups is 1. The standard InChI is InChI=1S/C15H15N3O4/c1-2-7-16-15(21)18-13(19)9-22-14(20)11-8-17-12-6-4-3-5-10(11)12/h2-6,8,17H,1,7,9H2,(H2,16,18,19,21). The van der Waals surface area contributed by atoms with Crippen molar-refractivity contribution in [1.82, 2.24) is 15.6 Å². The number of benzene rings is 1. The average Bonchev–Trinajstić information content (AvgIpc) is 2.94. The Morgan fingerprint density at radius 3 is 2.82 bits per heavy atom. The molecule has 0 bridgehead atoms. The smallest absolute Gasteiger partial charge is 0.340 e. The SMILES string of the molecule is C=CCNC(=O)NC(=O)COC(=O)c1c[nH]c2ccccc12. The number of fused-ring (bicyclic) bond motifs is 1. The van der Waals surface area contributed by atoms with Crippen molar-refractivity contribution in [3.8, 4) is 0 Å². The van der Waals surface area contributed by atoms with Gasteiger partial charge in [0.25, 0.3) is 5.91 Å². The lowest BCUT2D eigenvalue weighted by molar-refractivity contribution is -0.123. The third-order valence-corrected chi connectivity index (χ3v) is 2.80. The van der Waals surface area contributed by atoms with E-state index >= 15 is 0 Å². The predicted octanol–water partition coefficient (Wildman–Crippen LogP) is 1.34. The molecule has 0 unspecified atom stereocenters. The molecule has 0 aliphatic rings. The van der Waals surface area contributed by atoms with Crippen LogP contribution < -0.4 is 10.6 Å². The normalized spacial score (nSPS) is 10.0. The highest BCUT2D eigenvalue weighted by molar-refractivity contribution is 6.05. The molecule has 2 rings (SSSR count). The monoisotopic (exact) mass is 301 g/mol. The van der Waals surface area contributed by atoms with Crippen LogP contribution in [0.1, 0.15) is 10.4 Å². The molecule has 22 heavy (non-hydrogen) atoms. The summed E-state index contributed by atoms with van der Waals surface area (Å²) in [7, 11) is 0. The van der Waals surface area contributed by atoms with Gasteiger partial charge in [-0.2, -0.15) is 0 Å². The molecule has 0 radical (unpaired) electrons. The summed E-state index contributed by atoms with van der Waals surface area (Å²) in [5.74, 6) is -1.35. The molecule has 2 aromatic rings. The van der Waals surface area contributed by atoms with Crippen molar-refractivity contribution in [2.45, 2.75) is 0 Å². The molecule has 3 N–H and O–H groups in total. The zero-order valence-electron chi connectivity index (χ0n) is 11.7. The summed E-state index contributed by atoms with van der Waals surface area (Å²) in [6, 6.07) is 6.55. The van der Waals surface area contributed by atoms with E-state index in [1.54, 1.807) is 12.1 Å². The first-order valence-electron chi connectivity index (χ1n) is 6.53. The summed E-state index contributed by atoms with van der Waals surface area (Å²) in [6.45, 7) is 3.11. The van der Waals surface area contributed by atoms with Gasteiger partial charge in [-0.3, -0.25) is 10.1 Å². The van der Waals surface area contributed by atoms with Crippen LogP contribution in [0.3, 0.4) is 0 Å². The number of rotatable bonds is 5. The van der Waals surface area contributed by atoms with Gasteiger partial charge in [-0.15, -0.1) is 6.58 Å². The van der Waals surface area contributed by atoms with Gasteiger partial charge in [0.05, 0.1) is 5.56 Å². The highest BCUT2D eigenvalue weighted by atomic mass is 16.5. The number of imide groups is 1. The van der Waals surface area contributed by atoms with Gasteiger partial charge in [-0.25, -0.2) is 9.59 Å². The fourth-order valence-electron chi connectivity index (χ4n) is 1.82. The first-order chi connectivity index (χ1) is 10.6. The quantitative estimate of drug-likeness (QED) is 0.573. The largest absolute Gasteiger partial charge is 0.452 e. The molecule has 0 atom stereocenters. The number of hydrogen-bond donors (Lipinski definition) is 3. The maximum Gasteiger partial charge on any atom is 0.340 e. The summed E-state index contributed by atoms with van der Waals surface area (Å²) >= 11 is 0. The number of aromatic nitrogens is 1. The van der Waals surface area contributed by atoms with Crippen LogP contribution >= 0.6 is 0 Å². The molecule has 0 fully saturated rings. The van der Waals surface area contributed by atoms with E-state index in [-0.39, 0.29) is 6.54 Å². The van der Waals surface area contributed by atoms with Crippen molar-refractivity contribution in [3.63, 3.8) is 0 Å². The Bertz CT molecular complexity index is 720. The molecule has 1 aromatic carbocycles. The Morgan fingerprint density at radius 2 is 2.05 bits per heavy atom. The van der Waals surface area contributed by atoms with Crippen molar-refractivity contribution >= 4 is 28.8 Å². The molecule has 0 spiro atoms. The Hall–Kier alpha value is -3.09. The Kier molecular flexibility index (Phi) is 4.92. The highest BCUT2D eigenvalue weighted by Gasteiger charge is 2.15. The molecule has 3 amide bonds. The molecule has 0 aliphatic carbocycles. The number of carbonyl (C=O) groups excluding carboxylic acids is 3. The second-order valence-electron chi connectivity index (χ2n) is 4.37. The van der Waals surface area contributed by atoms with Crippen LogP contribution in [0.4, 0.5) is 4.79 Å². The van der Waals surface area contributed by atoms with Crippen LogP contribution in [0.25, 0.3) is 10.9 Å². The van der Waals surface area contributed by atoms with E-state index < -0.39 is 24.5 Å². The van der Waals surface area contributed by atoms with Crippen LogP contribution in [-0.4, -0.2) is 36.0 Å². The maximum atomic E-state index is 11.9. The van der Waals surface area contributed by atoms with Crippen molar-refractivity contribution in [3.05, 3.63) is 48.7 Å². The lowest BCUT2D eigenvalue weighted by Crippen LogP contribution is -2.41. The van der Waals surface area contributed by atoms with Gasteiger partial charge in [0, 0.05) is 23.6 Å². The summed E-state index contributed by atoms with van der Waals surface area (Å²) in [5.41, 5.74) is 1.13. The minimum Gasteiger partial charge on any atom is -0.452 e. The molecule has 1 aromatic heterocycles. The van der Waals surface area contributed by atoms with E-state index in [2.05, 4.69) is 16.9 Å². The van der Waals surface area contributed by atoms with Gasteiger partial charge < -0.3 is 15.0 Å². The highest BCUT2D eigenvalue weighted by Crippen LogP contribution is 2.18. The zero-order valence-corrected chi connectivity index (χ0v) is 11.7. The molecule has 7 nitrogen and oxygen atoms in total. The van der Waals surface area contributed by atoms with E-state index in [9.17, 15) is 14.4 Å². The third kappa shape index (κ3) is 3.72. The summed E-state index contributed by atoms with van der Waals surface area (Å²) in [5, 5.41) is 5.10. The number of esters is 1. The Labute approximate surface area is 126 Å². The molecule has 0 aliphatic heterocycles. The minimum absolute atomic E-state index is 0.230. The average molecular weight is 301 g/mol. The number of aromatic amines is 1. The molecule has 114 valence electrons.